The highest BCUT2D eigenvalue weighted by atomic mass is 19.3. The fourth-order valence-corrected chi connectivity index (χ4v) is 3.00. The van der Waals surface area contributed by atoms with Crippen molar-refractivity contribution < 1.29 is 13.6 Å². The molecular formula is C13H19F2N3O. The van der Waals surface area contributed by atoms with Crippen LogP contribution in [-0.2, 0) is 4.79 Å². The summed E-state index contributed by atoms with van der Waals surface area (Å²) in [6, 6.07) is -0.0227. The Morgan fingerprint density at radius 3 is 2.74 bits per heavy atom. The van der Waals surface area contributed by atoms with E-state index in [2.05, 4.69) is 0 Å². The number of hydrogen-bond donors (Lipinski definition) is 1. The molecule has 2 fully saturated rings. The van der Waals surface area contributed by atoms with Crippen molar-refractivity contribution in [1.29, 1.82) is 5.26 Å². The summed E-state index contributed by atoms with van der Waals surface area (Å²) >= 11 is 0. The van der Waals surface area contributed by atoms with Crippen LogP contribution in [0.4, 0.5) is 8.78 Å². The predicted molar refractivity (Wildman–Crippen MR) is 65.1 cm³/mol. The van der Waals surface area contributed by atoms with Crippen molar-refractivity contribution >= 4 is 5.91 Å². The average molecular weight is 271 g/mol. The zero-order valence-electron chi connectivity index (χ0n) is 11.1. The van der Waals surface area contributed by atoms with Crippen LogP contribution in [-0.4, -0.2) is 34.9 Å². The predicted octanol–water partition coefficient (Wildman–Crippen LogP) is 1.51. The van der Waals surface area contributed by atoms with Crippen molar-refractivity contribution in [3.63, 3.8) is 0 Å². The van der Waals surface area contributed by atoms with Gasteiger partial charge in [-0.15, -0.1) is 0 Å². The second-order valence-electron chi connectivity index (χ2n) is 5.68. The van der Waals surface area contributed by atoms with Gasteiger partial charge in [-0.1, -0.05) is 20.3 Å². The van der Waals surface area contributed by atoms with Crippen molar-refractivity contribution in [3.05, 3.63) is 0 Å². The van der Waals surface area contributed by atoms with Crippen LogP contribution in [0.3, 0.4) is 0 Å². The maximum atomic E-state index is 13.4. The van der Waals surface area contributed by atoms with E-state index in [-0.39, 0.29) is 24.7 Å². The van der Waals surface area contributed by atoms with Gasteiger partial charge < -0.3 is 10.6 Å². The Morgan fingerprint density at radius 1 is 1.63 bits per heavy atom. The van der Waals surface area contributed by atoms with Gasteiger partial charge in [-0.2, -0.15) is 5.26 Å². The van der Waals surface area contributed by atoms with Crippen molar-refractivity contribution in [2.45, 2.75) is 57.2 Å². The highest BCUT2D eigenvalue weighted by Gasteiger charge is 2.64. The molecule has 2 aliphatic rings. The lowest BCUT2D eigenvalue weighted by Crippen LogP contribution is -2.59. The van der Waals surface area contributed by atoms with E-state index in [0.29, 0.717) is 0 Å². The second kappa shape index (κ2) is 4.71. The van der Waals surface area contributed by atoms with Crippen LogP contribution in [0.25, 0.3) is 0 Å². The summed E-state index contributed by atoms with van der Waals surface area (Å²) in [7, 11) is 0. The van der Waals surface area contributed by atoms with Crippen LogP contribution in [0.2, 0.25) is 0 Å². The third-order valence-corrected chi connectivity index (χ3v) is 4.60. The molecule has 1 heterocycles. The van der Waals surface area contributed by atoms with Crippen molar-refractivity contribution in [2.75, 3.05) is 0 Å². The Bertz CT molecular complexity index is 421. The first-order valence-corrected chi connectivity index (χ1v) is 6.68. The Balaban J connectivity index is 2.15. The van der Waals surface area contributed by atoms with E-state index in [9.17, 15) is 13.6 Å². The number of nitriles is 1. The quantitative estimate of drug-likeness (QED) is 0.845. The molecule has 2 rings (SSSR count). The van der Waals surface area contributed by atoms with E-state index in [1.54, 1.807) is 0 Å². The normalized spacial score (nSPS) is 34.9. The highest BCUT2D eigenvalue weighted by molar-refractivity contribution is 5.83. The van der Waals surface area contributed by atoms with E-state index in [1.807, 2.05) is 19.9 Å². The summed E-state index contributed by atoms with van der Waals surface area (Å²) < 4.78 is 26.8. The minimum atomic E-state index is -2.74. The smallest absolute Gasteiger partial charge is 0.254 e. The molecule has 1 saturated carbocycles. The van der Waals surface area contributed by atoms with Gasteiger partial charge in [-0.25, -0.2) is 8.78 Å². The standard InChI is InChI=1S/C13H19F2N3O/c1-3-7(2)11(17)12(19)18-8(6-16)4-9-10(18)5-13(9,14)15/h7-11H,3-5,17H2,1-2H3/t7?,8-,9-,10-,11-/m0/s1. The summed E-state index contributed by atoms with van der Waals surface area (Å²) in [5, 5.41) is 9.07. The molecule has 0 aromatic rings. The molecule has 6 heteroatoms. The maximum absolute atomic E-state index is 13.4. The summed E-state index contributed by atoms with van der Waals surface area (Å²) in [5.74, 6) is -3.99. The maximum Gasteiger partial charge on any atom is 0.254 e. The Morgan fingerprint density at radius 2 is 2.26 bits per heavy atom. The third-order valence-electron chi connectivity index (χ3n) is 4.60. The first kappa shape index (κ1) is 14.2. The van der Waals surface area contributed by atoms with Crippen LogP contribution in [0, 0.1) is 23.2 Å². The van der Waals surface area contributed by atoms with Gasteiger partial charge in [0.05, 0.1) is 12.1 Å². The number of nitrogens with zero attached hydrogens (tertiary/aromatic N) is 2. The molecule has 19 heavy (non-hydrogen) atoms. The molecule has 1 amide bonds. The molecule has 2 N–H and O–H groups in total. The van der Waals surface area contributed by atoms with Gasteiger partial charge in [0.1, 0.15) is 6.04 Å². The number of fused-ring (bicyclic) bond motifs is 1. The molecule has 5 atom stereocenters. The number of alkyl halides is 2. The Labute approximate surface area is 111 Å². The Hall–Kier alpha value is -1.22. The van der Waals surface area contributed by atoms with Gasteiger partial charge >= 0.3 is 0 Å². The van der Waals surface area contributed by atoms with E-state index in [4.69, 9.17) is 11.0 Å². The number of likely N-dealkylation sites (tertiary alicyclic amines) is 1. The molecule has 1 unspecified atom stereocenters. The fourth-order valence-electron chi connectivity index (χ4n) is 3.00. The number of halogens is 2. The zero-order valence-corrected chi connectivity index (χ0v) is 11.1. The SMILES string of the molecule is CCC(C)[C@H](N)C(=O)N1[C@H](C#N)C[C@H]2[C@@H]1CC2(F)F. The zero-order chi connectivity index (χ0) is 14.4. The minimum absolute atomic E-state index is 0.0218. The van der Waals surface area contributed by atoms with Crippen LogP contribution >= 0.6 is 0 Å². The van der Waals surface area contributed by atoms with Crippen LogP contribution in [0.15, 0.2) is 0 Å². The molecule has 1 aliphatic carbocycles. The number of amides is 1. The number of rotatable bonds is 3. The summed E-state index contributed by atoms with van der Waals surface area (Å²) in [6.07, 6.45) is 0.462. The van der Waals surface area contributed by atoms with Crippen molar-refractivity contribution in [2.24, 2.45) is 17.6 Å². The molecule has 0 radical (unpaired) electrons. The molecule has 0 spiro atoms. The molecule has 1 saturated heterocycles. The molecule has 0 aromatic carbocycles. The van der Waals surface area contributed by atoms with Gasteiger partial charge in [0.15, 0.2) is 0 Å². The minimum Gasteiger partial charge on any atom is -0.322 e. The second-order valence-corrected chi connectivity index (χ2v) is 5.68. The van der Waals surface area contributed by atoms with Gasteiger partial charge in [0.2, 0.25) is 5.91 Å². The summed E-state index contributed by atoms with van der Waals surface area (Å²) in [4.78, 5) is 13.6. The highest BCUT2D eigenvalue weighted by Crippen LogP contribution is 2.53. The fraction of sp³-hybridized carbons (Fsp3) is 0.846. The number of carbonyl (C=O) groups excluding carboxylic acids is 1. The molecule has 0 bridgehead atoms. The first-order chi connectivity index (χ1) is 8.83. The molecular weight excluding hydrogens is 252 g/mol. The average Bonchev–Trinajstić information content (AvgIpc) is 2.70. The van der Waals surface area contributed by atoms with Crippen LogP contribution in [0.5, 0.6) is 0 Å². The first-order valence-electron chi connectivity index (χ1n) is 6.68. The van der Waals surface area contributed by atoms with Crippen molar-refractivity contribution in [3.8, 4) is 6.07 Å². The summed E-state index contributed by atoms with van der Waals surface area (Å²) in [5.41, 5.74) is 5.88. The lowest BCUT2D eigenvalue weighted by molar-refractivity contribution is -0.167. The molecule has 0 aromatic heterocycles. The number of nitrogens with two attached hydrogens (primary N) is 1. The lowest BCUT2D eigenvalue weighted by Gasteiger charge is -2.43. The van der Waals surface area contributed by atoms with E-state index in [0.717, 1.165) is 6.42 Å². The topological polar surface area (TPSA) is 70.1 Å². The monoisotopic (exact) mass is 271 g/mol. The van der Waals surface area contributed by atoms with Gasteiger partial charge in [0, 0.05) is 18.4 Å². The molecule has 4 nitrogen and oxygen atoms in total. The number of hydrogen-bond acceptors (Lipinski definition) is 3. The Kier molecular flexibility index (Phi) is 3.52. The van der Waals surface area contributed by atoms with Crippen LogP contribution < -0.4 is 5.73 Å². The number of carbonyl (C=O) groups is 1. The lowest BCUT2D eigenvalue weighted by atomic mass is 9.75. The van der Waals surface area contributed by atoms with E-state index >= 15 is 0 Å². The molecule has 106 valence electrons. The van der Waals surface area contributed by atoms with Gasteiger partial charge in [-0.3, -0.25) is 4.79 Å². The van der Waals surface area contributed by atoms with E-state index in [1.165, 1.54) is 4.90 Å². The van der Waals surface area contributed by atoms with Crippen LogP contribution in [0.1, 0.15) is 33.1 Å². The third kappa shape index (κ3) is 2.10. The van der Waals surface area contributed by atoms with E-state index < -0.39 is 30.0 Å². The van der Waals surface area contributed by atoms with Gasteiger partial charge in [-0.05, 0) is 12.3 Å². The largest absolute Gasteiger partial charge is 0.322 e. The molecule has 1 aliphatic heterocycles. The van der Waals surface area contributed by atoms with Gasteiger partial charge in [0.25, 0.3) is 5.92 Å². The summed E-state index contributed by atoms with van der Waals surface area (Å²) in [6.45, 7) is 3.77. The van der Waals surface area contributed by atoms with Crippen molar-refractivity contribution in [1.82, 2.24) is 4.90 Å².